The lowest BCUT2D eigenvalue weighted by Crippen LogP contribution is -2.18. The molecule has 1 aromatic heterocycles. The van der Waals surface area contributed by atoms with Crippen molar-refractivity contribution in [3.8, 4) is 0 Å². The van der Waals surface area contributed by atoms with Gasteiger partial charge in [-0.1, -0.05) is 6.92 Å². The highest BCUT2D eigenvalue weighted by molar-refractivity contribution is 7.16. The summed E-state index contributed by atoms with van der Waals surface area (Å²) in [5, 5.41) is 11.9. The molecule has 0 spiro atoms. The molecule has 1 aliphatic carbocycles. The number of aliphatic carboxylic acids is 1. The third-order valence-electron chi connectivity index (χ3n) is 3.31. The molecule has 0 saturated heterocycles. The van der Waals surface area contributed by atoms with Crippen LogP contribution in [-0.2, 0) is 20.7 Å². The predicted molar refractivity (Wildman–Crippen MR) is 77.5 cm³/mol. The molecule has 0 unspecified atom stereocenters. The highest BCUT2D eigenvalue weighted by Crippen LogP contribution is 2.40. The van der Waals surface area contributed by atoms with Crippen molar-refractivity contribution in [2.24, 2.45) is 11.8 Å². The molecule has 0 aliphatic heterocycles. The molecule has 1 aliphatic rings. The smallest absolute Gasteiger partial charge is 0.341 e. The van der Waals surface area contributed by atoms with Crippen LogP contribution in [0.3, 0.4) is 0 Å². The summed E-state index contributed by atoms with van der Waals surface area (Å²) in [5.41, 5.74) is 0.333. The number of aryl methyl sites for hydroxylation is 1. The SMILES string of the molecule is CCOC(=O)c1cc(CC)sc1NC(=O)[C@@H]1C[C@@H]1C(=O)O. The topological polar surface area (TPSA) is 92.7 Å². The molecule has 7 heteroatoms. The lowest BCUT2D eigenvalue weighted by Gasteiger charge is -2.05. The van der Waals surface area contributed by atoms with Crippen molar-refractivity contribution in [1.29, 1.82) is 0 Å². The van der Waals surface area contributed by atoms with Crippen LogP contribution in [-0.4, -0.2) is 29.6 Å². The van der Waals surface area contributed by atoms with E-state index < -0.39 is 23.8 Å². The van der Waals surface area contributed by atoms with Crippen molar-refractivity contribution in [3.63, 3.8) is 0 Å². The van der Waals surface area contributed by atoms with E-state index >= 15 is 0 Å². The van der Waals surface area contributed by atoms with Gasteiger partial charge in [0.05, 0.1) is 24.0 Å². The van der Waals surface area contributed by atoms with Gasteiger partial charge in [-0.2, -0.15) is 0 Å². The molecule has 1 saturated carbocycles. The first kappa shape index (κ1) is 15.5. The van der Waals surface area contributed by atoms with Crippen molar-refractivity contribution >= 4 is 34.2 Å². The summed E-state index contributed by atoms with van der Waals surface area (Å²) in [6, 6.07) is 1.71. The fourth-order valence-corrected chi connectivity index (χ4v) is 3.02. The molecule has 1 amide bonds. The van der Waals surface area contributed by atoms with E-state index in [1.807, 2.05) is 6.92 Å². The van der Waals surface area contributed by atoms with Crippen LogP contribution in [0, 0.1) is 11.8 Å². The third-order valence-corrected chi connectivity index (χ3v) is 4.50. The second-order valence-electron chi connectivity index (χ2n) is 4.81. The number of carbonyl (C=O) groups excluding carboxylic acids is 2. The van der Waals surface area contributed by atoms with Crippen molar-refractivity contribution in [3.05, 3.63) is 16.5 Å². The Morgan fingerprint density at radius 1 is 1.38 bits per heavy atom. The molecule has 0 aromatic carbocycles. The predicted octanol–water partition coefficient (Wildman–Crippen LogP) is 2.15. The number of esters is 1. The maximum absolute atomic E-state index is 12.0. The van der Waals surface area contributed by atoms with Gasteiger partial charge < -0.3 is 15.2 Å². The van der Waals surface area contributed by atoms with Gasteiger partial charge in [0.2, 0.25) is 5.91 Å². The lowest BCUT2D eigenvalue weighted by atomic mass is 10.2. The number of nitrogens with one attached hydrogen (secondary N) is 1. The highest BCUT2D eigenvalue weighted by atomic mass is 32.1. The Labute approximate surface area is 126 Å². The average Bonchev–Trinajstić information content (AvgIpc) is 3.15. The zero-order valence-corrected chi connectivity index (χ0v) is 12.7. The number of rotatable bonds is 6. The molecule has 1 heterocycles. The summed E-state index contributed by atoms with van der Waals surface area (Å²) in [6.07, 6.45) is 1.09. The van der Waals surface area contributed by atoms with Gasteiger partial charge in [-0.15, -0.1) is 11.3 Å². The Morgan fingerprint density at radius 3 is 2.62 bits per heavy atom. The molecule has 1 fully saturated rings. The average molecular weight is 311 g/mol. The van der Waals surface area contributed by atoms with Crippen molar-refractivity contribution < 1.29 is 24.2 Å². The number of anilines is 1. The minimum absolute atomic E-state index is 0.257. The van der Waals surface area contributed by atoms with Crippen molar-refractivity contribution in [2.75, 3.05) is 11.9 Å². The van der Waals surface area contributed by atoms with Crippen LogP contribution < -0.4 is 5.32 Å². The van der Waals surface area contributed by atoms with Gasteiger partial charge in [0.15, 0.2) is 0 Å². The molecule has 0 bridgehead atoms. The molecule has 6 nitrogen and oxygen atoms in total. The first-order valence-electron chi connectivity index (χ1n) is 6.81. The number of hydrogen-bond donors (Lipinski definition) is 2. The van der Waals surface area contributed by atoms with E-state index in [1.165, 1.54) is 11.3 Å². The molecule has 2 rings (SSSR count). The van der Waals surface area contributed by atoms with Crippen molar-refractivity contribution in [1.82, 2.24) is 0 Å². The maximum Gasteiger partial charge on any atom is 0.341 e. The standard InChI is InChI=1S/C14H17NO5S/c1-3-7-5-10(14(19)20-4-2)12(21-7)15-11(16)8-6-9(8)13(17)18/h5,8-9H,3-4,6H2,1-2H3,(H,15,16)(H,17,18)/t8-,9+/m1/s1. The molecular formula is C14H17NO5S. The van der Waals surface area contributed by atoms with Crippen molar-refractivity contribution in [2.45, 2.75) is 26.7 Å². The van der Waals surface area contributed by atoms with E-state index in [0.29, 0.717) is 17.0 Å². The van der Waals surface area contributed by atoms with E-state index in [2.05, 4.69) is 5.32 Å². The second kappa shape index (κ2) is 6.26. The van der Waals surface area contributed by atoms with Crippen LogP contribution in [0.4, 0.5) is 5.00 Å². The highest BCUT2D eigenvalue weighted by Gasteiger charge is 2.48. The zero-order chi connectivity index (χ0) is 15.6. The Morgan fingerprint density at radius 2 is 2.10 bits per heavy atom. The number of thiophene rings is 1. The van der Waals surface area contributed by atoms with Gasteiger partial charge in [0.25, 0.3) is 0 Å². The quantitative estimate of drug-likeness (QED) is 0.785. The van der Waals surface area contributed by atoms with Gasteiger partial charge >= 0.3 is 11.9 Å². The largest absolute Gasteiger partial charge is 0.481 e. The Kier molecular flexibility index (Phi) is 4.62. The Balaban J connectivity index is 2.12. The minimum atomic E-state index is -0.957. The first-order chi connectivity index (χ1) is 9.97. The van der Waals surface area contributed by atoms with Crippen LogP contribution in [0.25, 0.3) is 0 Å². The van der Waals surface area contributed by atoms with Crippen LogP contribution in [0.2, 0.25) is 0 Å². The number of carboxylic acid groups (broad SMARTS) is 1. The molecule has 0 radical (unpaired) electrons. The van der Waals surface area contributed by atoms with Crippen LogP contribution in [0.15, 0.2) is 6.07 Å². The van der Waals surface area contributed by atoms with E-state index in [1.54, 1.807) is 13.0 Å². The summed E-state index contributed by atoms with van der Waals surface area (Å²) in [4.78, 5) is 35.6. The monoisotopic (exact) mass is 311 g/mol. The fourth-order valence-electron chi connectivity index (χ4n) is 2.03. The van der Waals surface area contributed by atoms with E-state index in [9.17, 15) is 14.4 Å². The summed E-state index contributed by atoms with van der Waals surface area (Å²) in [5.74, 6) is -2.90. The van der Waals surface area contributed by atoms with Gasteiger partial charge in [0.1, 0.15) is 5.00 Å². The van der Waals surface area contributed by atoms with E-state index in [-0.39, 0.29) is 12.5 Å². The summed E-state index contributed by atoms with van der Waals surface area (Å²) in [6.45, 7) is 3.92. The second-order valence-corrected chi connectivity index (χ2v) is 5.94. The first-order valence-corrected chi connectivity index (χ1v) is 7.63. The van der Waals surface area contributed by atoms with Gasteiger partial charge in [-0.25, -0.2) is 4.79 Å². The molecular weight excluding hydrogens is 294 g/mol. The number of hydrogen-bond acceptors (Lipinski definition) is 5. The zero-order valence-electron chi connectivity index (χ0n) is 11.8. The summed E-state index contributed by atoms with van der Waals surface area (Å²) < 4.78 is 4.97. The van der Waals surface area contributed by atoms with Crippen LogP contribution in [0.5, 0.6) is 0 Å². The molecule has 114 valence electrons. The van der Waals surface area contributed by atoms with Crippen LogP contribution >= 0.6 is 11.3 Å². The normalized spacial score (nSPS) is 19.9. The van der Waals surface area contributed by atoms with E-state index in [4.69, 9.17) is 9.84 Å². The Hall–Kier alpha value is -1.89. The fraction of sp³-hybridized carbons (Fsp3) is 0.500. The van der Waals surface area contributed by atoms with E-state index in [0.717, 1.165) is 11.3 Å². The molecule has 1 aromatic rings. The van der Waals surface area contributed by atoms with Gasteiger partial charge in [-0.3, -0.25) is 9.59 Å². The molecule has 21 heavy (non-hydrogen) atoms. The summed E-state index contributed by atoms with van der Waals surface area (Å²) in [7, 11) is 0. The summed E-state index contributed by atoms with van der Waals surface area (Å²) >= 11 is 1.32. The van der Waals surface area contributed by atoms with Gasteiger partial charge in [-0.05, 0) is 25.8 Å². The molecule has 2 N–H and O–H groups in total. The van der Waals surface area contributed by atoms with Crippen LogP contribution in [0.1, 0.15) is 35.5 Å². The van der Waals surface area contributed by atoms with Gasteiger partial charge in [0, 0.05) is 4.88 Å². The lowest BCUT2D eigenvalue weighted by molar-refractivity contribution is -0.139. The third kappa shape index (κ3) is 3.41. The molecule has 2 atom stereocenters. The number of ether oxygens (including phenoxy) is 1. The number of carbonyl (C=O) groups is 3. The maximum atomic E-state index is 12.0. The number of amides is 1. The number of carboxylic acids is 1. The Bertz CT molecular complexity index is 580. The minimum Gasteiger partial charge on any atom is -0.481 e.